The molecule has 0 unspecified atom stereocenters. The minimum absolute atomic E-state index is 0.460. The predicted octanol–water partition coefficient (Wildman–Crippen LogP) is 20.9. The monoisotopic (exact) mass is 1060 g/mol. The van der Waals surface area contributed by atoms with Gasteiger partial charge in [0.15, 0.2) is 0 Å². The number of hydrogen-bond donors (Lipinski definition) is 0. The summed E-state index contributed by atoms with van der Waals surface area (Å²) in [7, 11) is 0. The van der Waals surface area contributed by atoms with Gasteiger partial charge in [0.25, 0.3) is 0 Å². The molecular weight excluding hydrogens is 969 g/mol. The van der Waals surface area contributed by atoms with E-state index in [-0.39, 0.29) is 0 Å². The van der Waals surface area contributed by atoms with Crippen molar-refractivity contribution in [3.63, 3.8) is 0 Å². The van der Waals surface area contributed by atoms with Crippen molar-refractivity contribution in [1.29, 1.82) is 0 Å². The van der Waals surface area contributed by atoms with Crippen molar-refractivity contribution in [2.45, 2.75) is 180 Å². The van der Waals surface area contributed by atoms with E-state index in [1.165, 1.54) is 194 Å². The minimum atomic E-state index is 0.460. The summed E-state index contributed by atoms with van der Waals surface area (Å²) in [5.74, 6) is 3.17. The molecule has 0 radical (unpaired) electrons. The summed E-state index contributed by atoms with van der Waals surface area (Å²) >= 11 is 0. The lowest BCUT2D eigenvalue weighted by atomic mass is 9.85. The Kier molecular flexibility index (Phi) is 22.5. The number of hydrogen-bond acceptors (Lipinski definition) is 4. The lowest BCUT2D eigenvalue weighted by Gasteiger charge is -2.24. The summed E-state index contributed by atoms with van der Waals surface area (Å²) in [5, 5.41) is 10.4. The van der Waals surface area contributed by atoms with E-state index in [1.807, 2.05) is 0 Å². The van der Waals surface area contributed by atoms with E-state index in [0.717, 1.165) is 23.7 Å². The average Bonchev–Trinajstić information content (AvgIpc) is 3.53. The molecule has 4 fully saturated rings. The van der Waals surface area contributed by atoms with Crippen molar-refractivity contribution in [1.82, 2.24) is 0 Å². The van der Waals surface area contributed by atoms with Crippen LogP contribution >= 0.6 is 0 Å². The maximum atomic E-state index is 4.80. The third-order valence-corrected chi connectivity index (χ3v) is 18.3. The van der Waals surface area contributed by atoms with Crippen LogP contribution in [-0.4, -0.2) is 49.0 Å². The normalized spacial score (nSPS) is 18.6. The molecule has 4 aliphatic rings. The molecule has 4 atom stereocenters. The van der Waals surface area contributed by atoms with Crippen LogP contribution < -0.4 is 0 Å². The van der Waals surface area contributed by atoms with E-state index < -0.39 is 0 Å². The molecule has 0 N–H and O–H groups in total. The lowest BCUT2D eigenvalue weighted by molar-refractivity contribution is 0.318. The molecule has 416 valence electrons. The molecule has 4 aliphatic carbocycles. The van der Waals surface area contributed by atoms with E-state index in [1.54, 1.807) is 0 Å². The second-order valence-electron chi connectivity index (χ2n) is 24.1. The molecule has 8 aromatic carbocycles. The summed E-state index contributed by atoms with van der Waals surface area (Å²) in [5.41, 5.74) is 4.86. The zero-order chi connectivity index (χ0) is 55.1. The largest absolute Gasteiger partial charge is 0.289 e. The second kappa shape index (κ2) is 30.9. The summed E-state index contributed by atoms with van der Waals surface area (Å²) in [4.78, 5) is 19.2. The van der Waals surface area contributed by atoms with Gasteiger partial charge in [0.1, 0.15) is 0 Å². The Morgan fingerprint density at radius 2 is 0.438 bits per heavy atom. The smallest absolute Gasteiger partial charge is 0.0499 e. The molecule has 4 nitrogen and oxygen atoms in total. The molecule has 0 saturated heterocycles. The molecule has 0 aliphatic heterocycles. The SMILES string of the molecule is C[C@H](N=Cc1ccc2ccccc2c1)C1CCCCC1.C[C@H](N=Cc1ccc2ccccc2c1)C1CCCCC1.C[C@H](N=Cc1ccc2ccccc2c1)C1CCCCC1.C[C@H](N=Cc1ccc2ccccc2c1)C1CCCCC1. The second-order valence-corrected chi connectivity index (χ2v) is 24.1. The summed E-state index contributed by atoms with van der Waals surface area (Å²) in [6, 6.07) is 62.1. The third-order valence-electron chi connectivity index (χ3n) is 18.3. The van der Waals surface area contributed by atoms with Crippen LogP contribution in [0.15, 0.2) is 190 Å². The highest BCUT2D eigenvalue weighted by molar-refractivity contribution is 5.93. The number of fused-ring (bicyclic) bond motifs is 4. The van der Waals surface area contributed by atoms with Gasteiger partial charge in [-0.3, -0.25) is 20.0 Å². The standard InChI is InChI=1S/4C19H23N/c4*1-15(17-7-3-2-4-8-17)20-14-16-11-12-18-9-5-6-10-19(18)13-16/h4*5-6,9-15,17H,2-4,7-8H2,1H3/t4*15-/m0000/s1. The number of nitrogens with zero attached hydrogens (tertiary/aromatic N) is 4. The summed E-state index contributed by atoms with van der Waals surface area (Å²) < 4.78 is 0. The molecule has 0 aromatic heterocycles. The number of rotatable bonds is 12. The van der Waals surface area contributed by atoms with Crippen LogP contribution in [0.4, 0.5) is 0 Å². The molecule has 0 bridgehead atoms. The van der Waals surface area contributed by atoms with E-state index in [4.69, 9.17) is 20.0 Å². The molecule has 0 heterocycles. The van der Waals surface area contributed by atoms with Crippen LogP contribution in [0.3, 0.4) is 0 Å². The fraction of sp³-hybridized carbons (Fsp3) is 0.421. The van der Waals surface area contributed by atoms with Gasteiger partial charge in [-0.2, -0.15) is 0 Å². The molecule has 12 rings (SSSR count). The minimum Gasteiger partial charge on any atom is -0.289 e. The summed E-state index contributed by atoms with van der Waals surface area (Å²) in [6.45, 7) is 9.09. The van der Waals surface area contributed by atoms with E-state index >= 15 is 0 Å². The van der Waals surface area contributed by atoms with Gasteiger partial charge in [-0.25, -0.2) is 0 Å². The molecule has 0 spiro atoms. The van der Waals surface area contributed by atoms with Crippen molar-refractivity contribution in [3.05, 3.63) is 192 Å². The average molecular weight is 1060 g/mol. The van der Waals surface area contributed by atoms with E-state index in [2.05, 4.69) is 222 Å². The Morgan fingerprint density at radius 3 is 0.637 bits per heavy atom. The topological polar surface area (TPSA) is 49.4 Å². The highest BCUT2D eigenvalue weighted by atomic mass is 14.8. The fourth-order valence-electron chi connectivity index (χ4n) is 12.9. The van der Waals surface area contributed by atoms with Gasteiger partial charge in [0.05, 0.1) is 0 Å². The van der Waals surface area contributed by atoms with Crippen molar-refractivity contribution >= 4 is 67.9 Å². The molecule has 0 amide bonds. The zero-order valence-corrected chi connectivity index (χ0v) is 49.0. The first-order chi connectivity index (χ1) is 39.3. The molecule has 80 heavy (non-hydrogen) atoms. The van der Waals surface area contributed by atoms with Gasteiger partial charge < -0.3 is 0 Å². The van der Waals surface area contributed by atoms with E-state index in [0.29, 0.717) is 24.2 Å². The van der Waals surface area contributed by atoms with Gasteiger partial charge in [-0.1, -0.05) is 223 Å². The first-order valence-electron chi connectivity index (χ1n) is 31.4. The van der Waals surface area contributed by atoms with E-state index in [9.17, 15) is 0 Å². The van der Waals surface area contributed by atoms with Crippen LogP contribution in [0.25, 0.3) is 43.1 Å². The highest BCUT2D eigenvalue weighted by Crippen LogP contribution is 2.31. The van der Waals surface area contributed by atoms with Crippen molar-refractivity contribution in [2.24, 2.45) is 43.6 Å². The Hall–Kier alpha value is -6.52. The third kappa shape index (κ3) is 17.7. The van der Waals surface area contributed by atoms with Gasteiger partial charge in [0.2, 0.25) is 0 Å². The molecule has 8 aromatic rings. The molecule has 4 saturated carbocycles. The van der Waals surface area contributed by atoms with Crippen molar-refractivity contribution < 1.29 is 0 Å². The van der Waals surface area contributed by atoms with Crippen LogP contribution in [0, 0.1) is 23.7 Å². The van der Waals surface area contributed by atoms with Crippen LogP contribution in [0.2, 0.25) is 0 Å². The predicted molar refractivity (Wildman–Crippen MR) is 350 cm³/mol. The van der Waals surface area contributed by atoms with Crippen molar-refractivity contribution in [2.75, 3.05) is 0 Å². The Morgan fingerprint density at radius 1 is 0.250 bits per heavy atom. The van der Waals surface area contributed by atoms with Gasteiger partial charge >= 0.3 is 0 Å². The molecule has 4 heteroatoms. The van der Waals surface area contributed by atoms with Gasteiger partial charge in [-0.15, -0.1) is 0 Å². The van der Waals surface area contributed by atoms with Gasteiger partial charge in [0, 0.05) is 49.0 Å². The fourth-order valence-corrected chi connectivity index (χ4v) is 12.9. The van der Waals surface area contributed by atoms with Crippen LogP contribution in [0.1, 0.15) is 178 Å². The maximum Gasteiger partial charge on any atom is 0.0499 e. The highest BCUT2D eigenvalue weighted by Gasteiger charge is 2.22. The van der Waals surface area contributed by atoms with Crippen molar-refractivity contribution in [3.8, 4) is 0 Å². The van der Waals surface area contributed by atoms with Gasteiger partial charge in [-0.05, 0) is 192 Å². The number of benzene rings is 8. The Balaban J connectivity index is 0.000000129. The Bertz CT molecular complexity index is 2810. The molecular formula is C76H92N4. The lowest BCUT2D eigenvalue weighted by Crippen LogP contribution is -2.18. The van der Waals surface area contributed by atoms with Crippen LogP contribution in [0.5, 0.6) is 0 Å². The Labute approximate surface area is 481 Å². The maximum absolute atomic E-state index is 4.80. The van der Waals surface area contributed by atoms with Crippen LogP contribution in [-0.2, 0) is 0 Å². The number of aliphatic imine (C=N–C) groups is 4. The zero-order valence-electron chi connectivity index (χ0n) is 49.0. The first-order valence-corrected chi connectivity index (χ1v) is 31.4. The summed E-state index contributed by atoms with van der Waals surface area (Å²) in [6.07, 6.45) is 35.9. The quantitative estimate of drug-likeness (QED) is 0.110. The first kappa shape index (κ1) is 58.1.